The Hall–Kier alpha value is -0.750. The fourth-order valence-electron chi connectivity index (χ4n) is 0.869. The Balaban J connectivity index is 2.78. The molecule has 0 spiro atoms. The normalized spacial score (nSPS) is 9.36. The lowest BCUT2D eigenvalue weighted by Crippen LogP contribution is -2.05. The highest BCUT2D eigenvalue weighted by molar-refractivity contribution is 6.36. The molecule has 0 aliphatic carbocycles. The lowest BCUT2D eigenvalue weighted by atomic mass is 10.2. The summed E-state index contributed by atoms with van der Waals surface area (Å²) in [5.41, 5.74) is 0.652. The molecule has 1 N–H and O–H groups in total. The van der Waals surface area contributed by atoms with Crippen LogP contribution in [0.4, 0.5) is 0 Å². The fraction of sp³-hybridized carbons (Fsp3) is 0.300. The zero-order valence-electron chi connectivity index (χ0n) is 7.77. The van der Waals surface area contributed by atoms with Crippen LogP contribution in [0.2, 0.25) is 10.0 Å². The number of pyridine rings is 1. The molecule has 0 fully saturated rings. The van der Waals surface area contributed by atoms with Crippen LogP contribution in [0.15, 0.2) is 12.4 Å². The van der Waals surface area contributed by atoms with Crippen molar-refractivity contribution in [2.75, 3.05) is 13.6 Å². The second-order valence-electron chi connectivity index (χ2n) is 2.63. The lowest BCUT2D eigenvalue weighted by Gasteiger charge is -1.96. The van der Waals surface area contributed by atoms with Gasteiger partial charge in [0.1, 0.15) is 0 Å². The summed E-state index contributed by atoms with van der Waals surface area (Å²) >= 11 is 11.8. The third kappa shape index (κ3) is 3.19. The van der Waals surface area contributed by atoms with Gasteiger partial charge in [-0.25, -0.2) is 0 Å². The molecule has 0 radical (unpaired) electrons. The number of rotatable bonds is 2. The topological polar surface area (TPSA) is 24.9 Å². The van der Waals surface area contributed by atoms with Crippen LogP contribution >= 0.6 is 23.2 Å². The molecule has 0 aliphatic heterocycles. The number of aromatic nitrogens is 1. The van der Waals surface area contributed by atoms with Crippen LogP contribution in [-0.2, 0) is 0 Å². The smallest absolute Gasteiger partial charge is 0.0760 e. The fourth-order valence-corrected chi connectivity index (χ4v) is 1.33. The van der Waals surface area contributed by atoms with Crippen molar-refractivity contribution in [2.45, 2.75) is 6.42 Å². The van der Waals surface area contributed by atoms with E-state index in [-0.39, 0.29) is 0 Å². The molecule has 0 aromatic carbocycles. The van der Waals surface area contributed by atoms with Gasteiger partial charge in [-0.3, -0.25) is 4.98 Å². The first-order valence-electron chi connectivity index (χ1n) is 4.18. The van der Waals surface area contributed by atoms with Crippen molar-refractivity contribution in [3.8, 4) is 11.8 Å². The molecule has 4 heteroatoms. The van der Waals surface area contributed by atoms with Gasteiger partial charge < -0.3 is 5.32 Å². The van der Waals surface area contributed by atoms with Gasteiger partial charge in [0.25, 0.3) is 0 Å². The Morgan fingerprint density at radius 2 is 2.00 bits per heavy atom. The van der Waals surface area contributed by atoms with E-state index >= 15 is 0 Å². The summed E-state index contributed by atoms with van der Waals surface area (Å²) in [6.45, 7) is 0.854. The molecule has 1 aromatic heterocycles. The summed E-state index contributed by atoms with van der Waals surface area (Å²) in [4.78, 5) is 3.84. The molecule has 1 rings (SSSR count). The van der Waals surface area contributed by atoms with Crippen molar-refractivity contribution >= 4 is 23.2 Å². The summed E-state index contributed by atoms with van der Waals surface area (Å²) in [6.07, 6.45) is 3.84. The summed E-state index contributed by atoms with van der Waals surface area (Å²) in [7, 11) is 1.88. The molecular weight excluding hydrogens is 219 g/mol. The lowest BCUT2D eigenvalue weighted by molar-refractivity contribution is 0.818. The second-order valence-corrected chi connectivity index (χ2v) is 3.45. The van der Waals surface area contributed by atoms with Crippen LogP contribution < -0.4 is 5.32 Å². The minimum atomic E-state index is 0.495. The highest BCUT2D eigenvalue weighted by Gasteiger charge is 2.01. The average molecular weight is 229 g/mol. The van der Waals surface area contributed by atoms with E-state index in [1.807, 2.05) is 7.05 Å². The molecule has 2 nitrogen and oxygen atoms in total. The van der Waals surface area contributed by atoms with E-state index in [0.717, 1.165) is 13.0 Å². The molecule has 1 aromatic rings. The number of hydrogen-bond donors (Lipinski definition) is 1. The van der Waals surface area contributed by atoms with E-state index in [4.69, 9.17) is 23.2 Å². The van der Waals surface area contributed by atoms with E-state index in [1.54, 1.807) is 0 Å². The Bertz CT molecular complexity index is 346. The Morgan fingerprint density at radius 3 is 2.57 bits per heavy atom. The zero-order valence-corrected chi connectivity index (χ0v) is 9.28. The van der Waals surface area contributed by atoms with Crippen LogP contribution in [0, 0.1) is 11.8 Å². The standard InChI is InChI=1S/C10H10Cl2N2/c1-13-5-3-2-4-8-9(11)6-14-7-10(8)12/h6-7,13H,3,5H2,1H3. The summed E-state index contributed by atoms with van der Waals surface area (Å²) in [5, 5.41) is 3.99. The van der Waals surface area contributed by atoms with Gasteiger partial charge in [0.2, 0.25) is 0 Å². The van der Waals surface area contributed by atoms with E-state index < -0.39 is 0 Å². The van der Waals surface area contributed by atoms with E-state index in [1.165, 1.54) is 12.4 Å². The third-order valence-electron chi connectivity index (χ3n) is 1.57. The zero-order chi connectivity index (χ0) is 10.4. The third-order valence-corrected chi connectivity index (χ3v) is 2.14. The molecule has 0 atom stereocenters. The molecule has 1 heterocycles. The van der Waals surface area contributed by atoms with Gasteiger partial charge >= 0.3 is 0 Å². The first-order chi connectivity index (χ1) is 6.75. The maximum atomic E-state index is 5.88. The van der Waals surface area contributed by atoms with Crippen molar-refractivity contribution in [1.82, 2.24) is 10.3 Å². The largest absolute Gasteiger partial charge is 0.319 e. The monoisotopic (exact) mass is 228 g/mol. The van der Waals surface area contributed by atoms with E-state index in [0.29, 0.717) is 15.6 Å². The first kappa shape index (κ1) is 11.3. The van der Waals surface area contributed by atoms with E-state index in [2.05, 4.69) is 22.1 Å². The van der Waals surface area contributed by atoms with Gasteiger partial charge in [-0.1, -0.05) is 35.0 Å². The van der Waals surface area contributed by atoms with Crippen LogP contribution in [0.1, 0.15) is 12.0 Å². The predicted molar refractivity (Wildman–Crippen MR) is 59.7 cm³/mol. The van der Waals surface area contributed by atoms with Gasteiger partial charge in [0.15, 0.2) is 0 Å². The van der Waals surface area contributed by atoms with Crippen molar-refractivity contribution in [3.63, 3.8) is 0 Å². The Kier molecular flexibility index (Phi) is 4.75. The van der Waals surface area contributed by atoms with Gasteiger partial charge in [-0.15, -0.1) is 0 Å². The number of halogens is 2. The molecule has 0 unspecified atom stereocenters. The van der Waals surface area contributed by atoms with Crippen LogP contribution in [-0.4, -0.2) is 18.6 Å². The molecule has 0 bridgehead atoms. The number of hydrogen-bond acceptors (Lipinski definition) is 2. The van der Waals surface area contributed by atoms with Crippen molar-refractivity contribution < 1.29 is 0 Å². The quantitative estimate of drug-likeness (QED) is 0.622. The van der Waals surface area contributed by atoms with Gasteiger partial charge in [0, 0.05) is 25.4 Å². The summed E-state index contributed by atoms with van der Waals surface area (Å²) < 4.78 is 0. The van der Waals surface area contributed by atoms with Gasteiger partial charge in [-0.05, 0) is 7.05 Å². The summed E-state index contributed by atoms with van der Waals surface area (Å²) in [6, 6.07) is 0. The van der Waals surface area contributed by atoms with E-state index in [9.17, 15) is 0 Å². The molecule has 0 aliphatic rings. The second kappa shape index (κ2) is 5.87. The number of nitrogens with one attached hydrogen (secondary N) is 1. The van der Waals surface area contributed by atoms with Crippen molar-refractivity contribution in [1.29, 1.82) is 0 Å². The maximum Gasteiger partial charge on any atom is 0.0760 e. The number of nitrogens with zero attached hydrogens (tertiary/aromatic N) is 1. The molecular formula is C10H10Cl2N2. The summed E-state index contributed by atoms with van der Waals surface area (Å²) in [5.74, 6) is 5.90. The van der Waals surface area contributed by atoms with Crippen molar-refractivity contribution in [3.05, 3.63) is 28.0 Å². The SMILES string of the molecule is CNCCC#Cc1c(Cl)cncc1Cl. The van der Waals surface area contributed by atoms with Crippen LogP contribution in [0.25, 0.3) is 0 Å². The Labute approximate surface area is 93.6 Å². The Morgan fingerprint density at radius 1 is 1.36 bits per heavy atom. The van der Waals surface area contributed by atoms with Crippen LogP contribution in [0.5, 0.6) is 0 Å². The highest BCUT2D eigenvalue weighted by atomic mass is 35.5. The minimum Gasteiger partial charge on any atom is -0.319 e. The van der Waals surface area contributed by atoms with Crippen LogP contribution in [0.3, 0.4) is 0 Å². The van der Waals surface area contributed by atoms with Gasteiger partial charge in [-0.2, -0.15) is 0 Å². The molecule has 0 amide bonds. The molecule has 0 saturated heterocycles. The highest BCUT2D eigenvalue weighted by Crippen LogP contribution is 2.21. The molecule has 14 heavy (non-hydrogen) atoms. The maximum absolute atomic E-state index is 5.88. The predicted octanol–water partition coefficient (Wildman–Crippen LogP) is 2.35. The first-order valence-corrected chi connectivity index (χ1v) is 4.93. The average Bonchev–Trinajstić information content (AvgIpc) is 2.16. The molecule has 74 valence electrons. The minimum absolute atomic E-state index is 0.495. The molecule has 0 saturated carbocycles. The van der Waals surface area contributed by atoms with Crippen molar-refractivity contribution in [2.24, 2.45) is 0 Å². The van der Waals surface area contributed by atoms with Gasteiger partial charge in [0.05, 0.1) is 15.6 Å².